The molecule has 0 bridgehead atoms. The van der Waals surface area contributed by atoms with Crippen molar-refractivity contribution in [3.63, 3.8) is 0 Å². The van der Waals surface area contributed by atoms with Crippen LogP contribution in [-0.4, -0.2) is 32.1 Å². The lowest BCUT2D eigenvalue weighted by Gasteiger charge is -2.05. The molecule has 1 aromatic carbocycles. The van der Waals surface area contributed by atoms with E-state index in [1.807, 2.05) is 34.9 Å². The van der Waals surface area contributed by atoms with Crippen molar-refractivity contribution in [3.05, 3.63) is 54.2 Å². The van der Waals surface area contributed by atoms with Gasteiger partial charge in [-0.15, -0.1) is 0 Å². The van der Waals surface area contributed by atoms with E-state index in [4.69, 9.17) is 4.74 Å². The van der Waals surface area contributed by atoms with Gasteiger partial charge in [-0.2, -0.15) is 0 Å². The first-order valence-electron chi connectivity index (χ1n) is 7.12. The summed E-state index contributed by atoms with van der Waals surface area (Å²) in [5.41, 5.74) is 3.12. The first-order valence-corrected chi connectivity index (χ1v) is 7.12. The molecule has 22 heavy (non-hydrogen) atoms. The monoisotopic (exact) mass is 296 g/mol. The molecule has 6 nitrogen and oxygen atoms in total. The van der Waals surface area contributed by atoms with Crippen molar-refractivity contribution >= 4 is 17.1 Å². The number of imidazole rings is 1. The molecule has 6 heteroatoms. The zero-order chi connectivity index (χ0) is 15.4. The van der Waals surface area contributed by atoms with Gasteiger partial charge in [-0.3, -0.25) is 4.79 Å². The molecule has 0 N–H and O–H groups in total. The van der Waals surface area contributed by atoms with Gasteiger partial charge in [-0.05, 0) is 12.5 Å². The van der Waals surface area contributed by atoms with Crippen LogP contribution >= 0.6 is 0 Å². The Bertz CT molecular complexity index is 783. The largest absolute Gasteiger partial charge is 0.466 e. The number of rotatable bonds is 5. The van der Waals surface area contributed by atoms with Gasteiger partial charge < -0.3 is 9.30 Å². The molecule has 112 valence electrons. The van der Waals surface area contributed by atoms with E-state index < -0.39 is 0 Å². The molecular formula is C16H16N4O2. The number of carbonyl (C=O) groups is 1. The van der Waals surface area contributed by atoms with Crippen LogP contribution in [0, 0.1) is 0 Å². The number of hydrogen-bond acceptors (Lipinski definition) is 5. The molecule has 0 aliphatic carbocycles. The summed E-state index contributed by atoms with van der Waals surface area (Å²) >= 11 is 0. The van der Waals surface area contributed by atoms with Crippen LogP contribution in [0.25, 0.3) is 11.2 Å². The number of benzene rings is 1. The Hall–Kier alpha value is -2.76. The molecule has 3 aromatic rings. The molecule has 0 saturated carbocycles. The van der Waals surface area contributed by atoms with Gasteiger partial charge in [0.2, 0.25) is 0 Å². The number of fused-ring (bicyclic) bond motifs is 1. The Labute approximate surface area is 127 Å². The average molecular weight is 296 g/mol. The van der Waals surface area contributed by atoms with Crippen LogP contribution in [0.15, 0.2) is 43.0 Å². The van der Waals surface area contributed by atoms with E-state index in [9.17, 15) is 4.79 Å². The molecule has 2 aromatic heterocycles. The Balaban J connectivity index is 1.90. The quantitative estimate of drug-likeness (QED) is 0.673. The van der Waals surface area contributed by atoms with Crippen LogP contribution in [0.5, 0.6) is 0 Å². The van der Waals surface area contributed by atoms with Crippen LogP contribution < -0.4 is 0 Å². The van der Waals surface area contributed by atoms with Crippen LogP contribution in [0.2, 0.25) is 0 Å². The van der Waals surface area contributed by atoms with Crippen molar-refractivity contribution in [1.82, 2.24) is 19.5 Å². The maximum Gasteiger partial charge on any atom is 0.311 e. The number of ether oxygens (including phenoxy) is 1. The van der Waals surface area contributed by atoms with Crippen LogP contribution in [0.3, 0.4) is 0 Å². The van der Waals surface area contributed by atoms with Gasteiger partial charge in [0.25, 0.3) is 0 Å². The predicted octanol–water partition coefficient (Wildman–Crippen LogP) is 1.98. The standard InChI is InChI=1S/C16H16N4O2/c1-2-22-14(21)8-13-15-16(18-10-17-13)20(11-19-15)9-12-6-4-3-5-7-12/h3-7,10-11H,2,8-9H2,1H3. The minimum Gasteiger partial charge on any atom is -0.466 e. The lowest BCUT2D eigenvalue weighted by molar-refractivity contribution is -0.142. The van der Waals surface area contributed by atoms with Crippen LogP contribution in [0.1, 0.15) is 18.2 Å². The molecule has 0 amide bonds. The highest BCUT2D eigenvalue weighted by molar-refractivity contribution is 5.80. The third-order valence-corrected chi connectivity index (χ3v) is 3.29. The van der Waals surface area contributed by atoms with E-state index in [-0.39, 0.29) is 12.4 Å². The summed E-state index contributed by atoms with van der Waals surface area (Å²) in [6, 6.07) is 10.1. The van der Waals surface area contributed by atoms with Gasteiger partial charge in [0.05, 0.1) is 31.6 Å². The van der Waals surface area contributed by atoms with E-state index in [1.54, 1.807) is 13.3 Å². The smallest absolute Gasteiger partial charge is 0.311 e. The van der Waals surface area contributed by atoms with E-state index in [1.165, 1.54) is 6.33 Å². The molecule has 0 spiro atoms. The van der Waals surface area contributed by atoms with Gasteiger partial charge in [-0.1, -0.05) is 30.3 Å². The second-order valence-electron chi connectivity index (χ2n) is 4.83. The molecular weight excluding hydrogens is 280 g/mol. The zero-order valence-corrected chi connectivity index (χ0v) is 12.3. The van der Waals surface area contributed by atoms with Crippen molar-refractivity contribution in [2.75, 3.05) is 6.61 Å². The first kappa shape index (κ1) is 14.2. The zero-order valence-electron chi connectivity index (χ0n) is 12.3. The molecule has 0 atom stereocenters. The van der Waals surface area contributed by atoms with Gasteiger partial charge in [0, 0.05) is 0 Å². The van der Waals surface area contributed by atoms with Gasteiger partial charge in [0.15, 0.2) is 5.65 Å². The molecule has 2 heterocycles. The normalized spacial score (nSPS) is 10.8. The molecule has 0 unspecified atom stereocenters. The number of esters is 1. The Kier molecular flexibility index (Phi) is 4.09. The number of hydrogen-bond donors (Lipinski definition) is 0. The predicted molar refractivity (Wildman–Crippen MR) is 81.2 cm³/mol. The number of aromatic nitrogens is 4. The maximum absolute atomic E-state index is 11.6. The second kappa shape index (κ2) is 6.34. The minimum atomic E-state index is -0.305. The van der Waals surface area contributed by atoms with Crippen LogP contribution in [-0.2, 0) is 22.5 Å². The molecule has 0 saturated heterocycles. The molecule has 3 rings (SSSR count). The van der Waals surface area contributed by atoms with Crippen molar-refractivity contribution in [2.24, 2.45) is 0 Å². The third-order valence-electron chi connectivity index (χ3n) is 3.29. The summed E-state index contributed by atoms with van der Waals surface area (Å²) in [6.45, 7) is 2.81. The van der Waals surface area contributed by atoms with E-state index in [2.05, 4.69) is 15.0 Å². The summed E-state index contributed by atoms with van der Waals surface area (Å²) in [6.07, 6.45) is 3.29. The van der Waals surface area contributed by atoms with E-state index >= 15 is 0 Å². The summed E-state index contributed by atoms with van der Waals surface area (Å²) < 4.78 is 6.91. The minimum absolute atomic E-state index is 0.106. The average Bonchev–Trinajstić information content (AvgIpc) is 2.93. The molecule has 0 radical (unpaired) electrons. The van der Waals surface area contributed by atoms with E-state index in [0.717, 1.165) is 11.2 Å². The fraction of sp³-hybridized carbons (Fsp3) is 0.250. The van der Waals surface area contributed by atoms with Crippen molar-refractivity contribution in [2.45, 2.75) is 19.9 Å². The summed E-state index contributed by atoms with van der Waals surface area (Å²) in [7, 11) is 0. The fourth-order valence-electron chi connectivity index (χ4n) is 2.30. The lowest BCUT2D eigenvalue weighted by Crippen LogP contribution is -2.09. The van der Waals surface area contributed by atoms with Crippen molar-refractivity contribution in [1.29, 1.82) is 0 Å². The fourth-order valence-corrected chi connectivity index (χ4v) is 2.30. The second-order valence-corrected chi connectivity index (χ2v) is 4.83. The first-order chi connectivity index (χ1) is 10.8. The Morgan fingerprint density at radius 2 is 2.00 bits per heavy atom. The van der Waals surface area contributed by atoms with Crippen LogP contribution in [0.4, 0.5) is 0 Å². The molecule has 0 aliphatic heterocycles. The summed E-state index contributed by atoms with van der Waals surface area (Å²) in [5, 5.41) is 0. The summed E-state index contributed by atoms with van der Waals surface area (Å²) in [4.78, 5) is 24.4. The van der Waals surface area contributed by atoms with E-state index in [0.29, 0.717) is 24.4 Å². The van der Waals surface area contributed by atoms with Crippen molar-refractivity contribution in [3.8, 4) is 0 Å². The van der Waals surface area contributed by atoms with Gasteiger partial charge in [0.1, 0.15) is 11.8 Å². The maximum atomic E-state index is 11.6. The highest BCUT2D eigenvalue weighted by Gasteiger charge is 2.14. The lowest BCUT2D eigenvalue weighted by atomic mass is 10.2. The number of carbonyl (C=O) groups excluding carboxylic acids is 1. The highest BCUT2D eigenvalue weighted by atomic mass is 16.5. The third kappa shape index (κ3) is 2.95. The molecule has 0 aliphatic rings. The van der Waals surface area contributed by atoms with Gasteiger partial charge >= 0.3 is 5.97 Å². The molecule has 0 fully saturated rings. The topological polar surface area (TPSA) is 69.9 Å². The Morgan fingerprint density at radius 1 is 1.18 bits per heavy atom. The summed E-state index contributed by atoms with van der Waals surface area (Å²) in [5.74, 6) is -0.305. The number of nitrogens with zero attached hydrogens (tertiary/aromatic N) is 4. The SMILES string of the molecule is CCOC(=O)Cc1ncnc2c1ncn2Cc1ccccc1. The highest BCUT2D eigenvalue weighted by Crippen LogP contribution is 2.15. The van der Waals surface area contributed by atoms with Crippen molar-refractivity contribution < 1.29 is 9.53 Å². The van der Waals surface area contributed by atoms with Gasteiger partial charge in [-0.25, -0.2) is 15.0 Å². The Morgan fingerprint density at radius 3 is 2.77 bits per heavy atom.